The summed E-state index contributed by atoms with van der Waals surface area (Å²) < 4.78 is 15.8. The highest BCUT2D eigenvalue weighted by Gasteiger charge is 2.23. The van der Waals surface area contributed by atoms with Gasteiger partial charge in [0, 0.05) is 11.6 Å². The Bertz CT molecular complexity index is 1360. The lowest BCUT2D eigenvalue weighted by Crippen LogP contribution is -2.17. The third-order valence-electron chi connectivity index (χ3n) is 4.61. The third kappa shape index (κ3) is 5.98. The first-order valence-electron chi connectivity index (χ1n) is 9.79. The number of benzene rings is 3. The molecule has 14 heteroatoms. The highest BCUT2D eigenvalue weighted by Crippen LogP contribution is 2.41. The van der Waals surface area contributed by atoms with Crippen LogP contribution in [-0.2, 0) is 0 Å². The molecule has 0 aromatic heterocycles. The molecule has 0 aliphatic carbocycles. The van der Waals surface area contributed by atoms with Crippen molar-refractivity contribution in [1.29, 1.82) is 0 Å². The van der Waals surface area contributed by atoms with Crippen LogP contribution in [0.3, 0.4) is 0 Å². The smallest absolute Gasteiger partial charge is 0.318 e. The summed E-state index contributed by atoms with van der Waals surface area (Å²) in [4.78, 5) is 33.0. The molecule has 0 atom stereocenters. The number of rotatable bonds is 9. The molecule has 0 saturated carbocycles. The average Bonchev–Trinajstić information content (AvgIpc) is 2.85. The Labute approximate surface area is 213 Å². The van der Waals surface area contributed by atoms with Gasteiger partial charge in [0.15, 0.2) is 17.2 Å². The van der Waals surface area contributed by atoms with Gasteiger partial charge in [-0.3, -0.25) is 25.0 Å². The second kappa shape index (κ2) is 11.3. The maximum absolute atomic E-state index is 12.4. The molecular weight excluding hydrogens is 519 g/mol. The number of hydrogen-bond donors (Lipinski definition) is 1. The molecule has 0 aliphatic rings. The summed E-state index contributed by atoms with van der Waals surface area (Å²) in [5.74, 6) is -0.0885. The molecule has 0 radical (unpaired) electrons. The van der Waals surface area contributed by atoms with Crippen LogP contribution in [0.15, 0.2) is 53.6 Å². The summed E-state index contributed by atoms with van der Waals surface area (Å²) >= 11 is 12.5. The van der Waals surface area contributed by atoms with Gasteiger partial charge in [-0.1, -0.05) is 23.2 Å². The van der Waals surface area contributed by atoms with Gasteiger partial charge in [0.1, 0.15) is 0 Å². The largest absolute Gasteiger partial charge is 0.493 e. The Balaban J connectivity index is 1.77. The number of non-ortho nitro benzene ring substituents is 1. The lowest BCUT2D eigenvalue weighted by molar-refractivity contribution is -0.394. The standard InChI is InChI=1S/C22H16Cl2N4O8/c1-34-19-5-3-13(9-20(19)35-2)22(29)26-25-11-12-7-15(23)21(16(24)8-12)36-18-6-4-14(27(30)31)10-17(18)28(32)33/h3-11H,1-2H3,(H,26,29)/b25-11+. The number of carbonyl (C=O) groups excluding carboxylic acids is 1. The lowest BCUT2D eigenvalue weighted by atomic mass is 10.2. The first-order chi connectivity index (χ1) is 17.1. The molecule has 12 nitrogen and oxygen atoms in total. The Morgan fingerprint density at radius 2 is 1.56 bits per heavy atom. The van der Waals surface area contributed by atoms with E-state index in [0.29, 0.717) is 17.1 Å². The maximum atomic E-state index is 12.4. The van der Waals surface area contributed by atoms with E-state index < -0.39 is 27.1 Å². The molecule has 3 aromatic carbocycles. The van der Waals surface area contributed by atoms with Crippen molar-refractivity contribution in [1.82, 2.24) is 5.43 Å². The van der Waals surface area contributed by atoms with Gasteiger partial charge in [-0.05, 0) is 42.0 Å². The summed E-state index contributed by atoms with van der Waals surface area (Å²) in [7, 11) is 2.92. The molecule has 0 bridgehead atoms. The summed E-state index contributed by atoms with van der Waals surface area (Å²) in [5.41, 5.74) is 1.88. The SMILES string of the molecule is COc1ccc(C(=O)N/N=C/c2cc(Cl)c(Oc3ccc([N+](=O)[O-])cc3[N+](=O)[O-])c(Cl)c2)cc1OC. The van der Waals surface area contributed by atoms with Crippen molar-refractivity contribution in [2.45, 2.75) is 0 Å². The van der Waals surface area contributed by atoms with Crippen molar-refractivity contribution in [3.63, 3.8) is 0 Å². The van der Waals surface area contributed by atoms with Crippen LogP contribution in [0, 0.1) is 20.2 Å². The number of hydrazone groups is 1. The molecule has 3 rings (SSSR count). The molecule has 186 valence electrons. The summed E-state index contributed by atoms with van der Waals surface area (Å²) in [6, 6.07) is 10.3. The van der Waals surface area contributed by atoms with Crippen molar-refractivity contribution in [3.8, 4) is 23.0 Å². The molecule has 0 aliphatic heterocycles. The second-order valence-corrected chi connectivity index (χ2v) is 7.67. The first kappa shape index (κ1) is 26.2. The monoisotopic (exact) mass is 534 g/mol. The molecule has 36 heavy (non-hydrogen) atoms. The number of nitrogens with zero attached hydrogens (tertiary/aromatic N) is 3. The summed E-state index contributed by atoms with van der Waals surface area (Å²) in [5, 5.41) is 26.0. The maximum Gasteiger partial charge on any atom is 0.318 e. The van der Waals surface area contributed by atoms with E-state index in [4.69, 9.17) is 37.4 Å². The fourth-order valence-corrected chi connectivity index (χ4v) is 3.50. The van der Waals surface area contributed by atoms with Gasteiger partial charge in [0.2, 0.25) is 5.75 Å². The molecule has 0 unspecified atom stereocenters. The molecule has 0 fully saturated rings. The van der Waals surface area contributed by atoms with E-state index in [-0.39, 0.29) is 27.1 Å². The van der Waals surface area contributed by atoms with E-state index in [9.17, 15) is 25.0 Å². The van der Waals surface area contributed by atoms with Crippen molar-refractivity contribution < 1.29 is 28.9 Å². The number of halogens is 2. The van der Waals surface area contributed by atoms with Crippen LogP contribution in [0.25, 0.3) is 0 Å². The predicted molar refractivity (Wildman–Crippen MR) is 131 cm³/mol. The van der Waals surface area contributed by atoms with E-state index in [1.165, 1.54) is 44.7 Å². The zero-order chi connectivity index (χ0) is 26.4. The van der Waals surface area contributed by atoms with Crippen LogP contribution in [0.2, 0.25) is 10.0 Å². The fourth-order valence-electron chi connectivity index (χ4n) is 2.92. The lowest BCUT2D eigenvalue weighted by Gasteiger charge is -2.11. The number of ether oxygens (including phenoxy) is 3. The third-order valence-corrected chi connectivity index (χ3v) is 5.17. The van der Waals surface area contributed by atoms with Crippen LogP contribution in [0.4, 0.5) is 11.4 Å². The van der Waals surface area contributed by atoms with Crippen LogP contribution in [0.1, 0.15) is 15.9 Å². The number of nitrogens with one attached hydrogen (secondary N) is 1. The van der Waals surface area contributed by atoms with Crippen LogP contribution in [-0.4, -0.2) is 36.2 Å². The van der Waals surface area contributed by atoms with Crippen molar-refractivity contribution in [3.05, 3.63) is 89.9 Å². The highest BCUT2D eigenvalue weighted by molar-refractivity contribution is 6.37. The fraction of sp³-hybridized carbons (Fsp3) is 0.0909. The zero-order valence-electron chi connectivity index (χ0n) is 18.6. The Hall–Kier alpha value is -4.42. The van der Waals surface area contributed by atoms with Gasteiger partial charge < -0.3 is 14.2 Å². The van der Waals surface area contributed by atoms with Gasteiger partial charge in [-0.15, -0.1) is 0 Å². The number of carbonyl (C=O) groups is 1. The van der Waals surface area contributed by atoms with E-state index in [2.05, 4.69) is 10.5 Å². The predicted octanol–water partition coefficient (Wildman–Crippen LogP) is 5.38. The van der Waals surface area contributed by atoms with Gasteiger partial charge in [0.05, 0.1) is 46.4 Å². The number of methoxy groups -OCH3 is 2. The Kier molecular flexibility index (Phi) is 8.25. The van der Waals surface area contributed by atoms with Gasteiger partial charge in [0.25, 0.3) is 11.6 Å². The topological polar surface area (TPSA) is 155 Å². The van der Waals surface area contributed by atoms with Crippen molar-refractivity contribution >= 4 is 46.7 Å². The number of nitro benzene ring substituents is 2. The molecule has 1 amide bonds. The quantitative estimate of drug-likeness (QED) is 0.217. The summed E-state index contributed by atoms with van der Waals surface area (Å²) in [6.45, 7) is 0. The minimum Gasteiger partial charge on any atom is -0.493 e. The van der Waals surface area contributed by atoms with E-state index in [1.807, 2.05) is 0 Å². The number of hydrogen-bond acceptors (Lipinski definition) is 9. The van der Waals surface area contributed by atoms with Crippen molar-refractivity contribution in [2.24, 2.45) is 5.10 Å². The normalized spacial score (nSPS) is 10.7. The average molecular weight is 535 g/mol. The minimum absolute atomic E-state index is 0.0252. The molecular formula is C22H16Cl2N4O8. The molecule has 0 spiro atoms. The Morgan fingerprint density at radius 1 is 0.917 bits per heavy atom. The van der Waals surface area contributed by atoms with E-state index >= 15 is 0 Å². The zero-order valence-corrected chi connectivity index (χ0v) is 20.1. The van der Waals surface area contributed by atoms with E-state index in [0.717, 1.165) is 18.2 Å². The number of nitro groups is 2. The van der Waals surface area contributed by atoms with Crippen molar-refractivity contribution in [2.75, 3.05) is 14.2 Å². The van der Waals surface area contributed by atoms with Gasteiger partial charge in [-0.25, -0.2) is 5.43 Å². The van der Waals surface area contributed by atoms with Crippen LogP contribution < -0.4 is 19.6 Å². The molecule has 3 aromatic rings. The molecule has 1 N–H and O–H groups in total. The van der Waals surface area contributed by atoms with Gasteiger partial charge in [-0.2, -0.15) is 5.10 Å². The van der Waals surface area contributed by atoms with E-state index in [1.54, 1.807) is 6.07 Å². The van der Waals surface area contributed by atoms with Crippen LogP contribution >= 0.6 is 23.2 Å². The summed E-state index contributed by atoms with van der Waals surface area (Å²) in [6.07, 6.45) is 1.27. The first-order valence-corrected chi connectivity index (χ1v) is 10.5. The molecule has 0 heterocycles. The second-order valence-electron chi connectivity index (χ2n) is 6.85. The minimum atomic E-state index is -0.827. The Morgan fingerprint density at radius 3 is 2.14 bits per heavy atom. The molecule has 0 saturated heterocycles. The number of amides is 1. The van der Waals surface area contributed by atoms with Gasteiger partial charge >= 0.3 is 5.69 Å². The van der Waals surface area contributed by atoms with Crippen LogP contribution in [0.5, 0.6) is 23.0 Å². The highest BCUT2D eigenvalue weighted by atomic mass is 35.5.